The van der Waals surface area contributed by atoms with Crippen molar-refractivity contribution in [3.63, 3.8) is 0 Å². The van der Waals surface area contributed by atoms with E-state index in [0.29, 0.717) is 5.25 Å². The van der Waals surface area contributed by atoms with E-state index in [0.717, 1.165) is 18.1 Å². The van der Waals surface area contributed by atoms with Gasteiger partial charge in [-0.2, -0.15) is 0 Å². The molecule has 3 heteroatoms. The van der Waals surface area contributed by atoms with Crippen molar-refractivity contribution in [2.45, 2.75) is 37.6 Å². The quantitative estimate of drug-likeness (QED) is 0.756. The van der Waals surface area contributed by atoms with Crippen LogP contribution in [-0.4, -0.2) is 16.8 Å². The van der Waals surface area contributed by atoms with Crippen LogP contribution in [0.15, 0.2) is 23.4 Å². The number of hydrogen-bond donors (Lipinski definition) is 1. The highest BCUT2D eigenvalue weighted by atomic mass is 32.2. The van der Waals surface area contributed by atoms with Gasteiger partial charge >= 0.3 is 0 Å². The third-order valence-corrected chi connectivity index (χ3v) is 2.83. The zero-order valence-electron chi connectivity index (χ0n) is 9.08. The SMILES string of the molecule is CCNCc1cccnc1SC(C)C. The summed E-state index contributed by atoms with van der Waals surface area (Å²) in [5, 5.41) is 5.07. The minimum Gasteiger partial charge on any atom is -0.313 e. The Morgan fingerprint density at radius 2 is 2.29 bits per heavy atom. The van der Waals surface area contributed by atoms with Crippen molar-refractivity contribution in [3.8, 4) is 0 Å². The first-order chi connectivity index (χ1) is 6.74. The van der Waals surface area contributed by atoms with Crippen molar-refractivity contribution in [3.05, 3.63) is 23.9 Å². The molecule has 0 aliphatic rings. The summed E-state index contributed by atoms with van der Waals surface area (Å²) in [5.74, 6) is 0. The van der Waals surface area contributed by atoms with Crippen LogP contribution >= 0.6 is 11.8 Å². The summed E-state index contributed by atoms with van der Waals surface area (Å²) in [4.78, 5) is 4.39. The molecular weight excluding hydrogens is 192 g/mol. The maximum Gasteiger partial charge on any atom is 0.101 e. The standard InChI is InChI=1S/C11H18N2S/c1-4-12-8-10-6-5-7-13-11(10)14-9(2)3/h5-7,9,12H,4,8H2,1-3H3. The molecule has 1 rings (SSSR count). The molecule has 0 unspecified atom stereocenters. The maximum absolute atomic E-state index is 4.39. The van der Waals surface area contributed by atoms with Crippen molar-refractivity contribution in [1.82, 2.24) is 10.3 Å². The van der Waals surface area contributed by atoms with Gasteiger partial charge in [0.1, 0.15) is 5.03 Å². The van der Waals surface area contributed by atoms with Gasteiger partial charge in [0.2, 0.25) is 0 Å². The van der Waals surface area contributed by atoms with Gasteiger partial charge in [-0.1, -0.05) is 26.8 Å². The summed E-state index contributed by atoms with van der Waals surface area (Å²) in [6.07, 6.45) is 1.86. The number of thioether (sulfide) groups is 1. The highest BCUT2D eigenvalue weighted by Gasteiger charge is 2.05. The Morgan fingerprint density at radius 1 is 1.50 bits per heavy atom. The predicted octanol–water partition coefficient (Wildman–Crippen LogP) is 2.69. The van der Waals surface area contributed by atoms with Crippen LogP contribution in [0.5, 0.6) is 0 Å². The number of nitrogens with one attached hydrogen (secondary N) is 1. The van der Waals surface area contributed by atoms with E-state index in [4.69, 9.17) is 0 Å². The van der Waals surface area contributed by atoms with Crippen molar-refractivity contribution >= 4 is 11.8 Å². The summed E-state index contributed by atoms with van der Waals surface area (Å²) >= 11 is 1.82. The average molecular weight is 210 g/mol. The van der Waals surface area contributed by atoms with Crippen molar-refractivity contribution in [2.75, 3.05) is 6.54 Å². The van der Waals surface area contributed by atoms with E-state index in [1.165, 1.54) is 5.56 Å². The second kappa shape index (κ2) is 6.04. The molecule has 0 atom stereocenters. The molecule has 1 heterocycles. The molecule has 78 valence electrons. The second-order valence-electron chi connectivity index (χ2n) is 3.41. The van der Waals surface area contributed by atoms with E-state index in [-0.39, 0.29) is 0 Å². The average Bonchev–Trinajstić information content (AvgIpc) is 2.16. The minimum absolute atomic E-state index is 0.588. The van der Waals surface area contributed by atoms with Gasteiger partial charge in [0.05, 0.1) is 0 Å². The lowest BCUT2D eigenvalue weighted by molar-refractivity contribution is 0.711. The topological polar surface area (TPSA) is 24.9 Å². The molecule has 0 aliphatic heterocycles. The van der Waals surface area contributed by atoms with Gasteiger partial charge in [-0.15, -0.1) is 11.8 Å². The number of nitrogens with zero attached hydrogens (tertiary/aromatic N) is 1. The van der Waals surface area contributed by atoms with E-state index in [2.05, 4.69) is 37.1 Å². The van der Waals surface area contributed by atoms with Crippen molar-refractivity contribution in [2.24, 2.45) is 0 Å². The van der Waals surface area contributed by atoms with Gasteiger partial charge in [-0.3, -0.25) is 0 Å². The zero-order valence-corrected chi connectivity index (χ0v) is 9.90. The Kier molecular flexibility index (Phi) is 4.98. The van der Waals surface area contributed by atoms with Gasteiger partial charge < -0.3 is 5.32 Å². The van der Waals surface area contributed by atoms with Gasteiger partial charge in [0, 0.05) is 18.0 Å². The minimum atomic E-state index is 0.588. The third kappa shape index (κ3) is 3.68. The molecule has 2 nitrogen and oxygen atoms in total. The Labute approximate surface area is 90.5 Å². The molecule has 0 amide bonds. The van der Waals surface area contributed by atoms with Gasteiger partial charge in [0.15, 0.2) is 0 Å². The summed E-state index contributed by atoms with van der Waals surface area (Å²) in [7, 11) is 0. The molecule has 0 saturated heterocycles. The van der Waals surface area contributed by atoms with Crippen LogP contribution < -0.4 is 5.32 Å². The summed E-state index contributed by atoms with van der Waals surface area (Å²) in [5.41, 5.74) is 1.30. The maximum atomic E-state index is 4.39. The molecule has 0 radical (unpaired) electrons. The van der Waals surface area contributed by atoms with Crippen molar-refractivity contribution in [1.29, 1.82) is 0 Å². The molecule has 0 aliphatic carbocycles. The Hall–Kier alpha value is -0.540. The monoisotopic (exact) mass is 210 g/mol. The van der Waals surface area contributed by atoms with Crippen LogP contribution in [0.2, 0.25) is 0 Å². The fourth-order valence-electron chi connectivity index (χ4n) is 1.15. The van der Waals surface area contributed by atoms with Crippen LogP contribution in [0.25, 0.3) is 0 Å². The molecule has 0 bridgehead atoms. The van der Waals surface area contributed by atoms with Crippen molar-refractivity contribution < 1.29 is 0 Å². The van der Waals surface area contributed by atoms with Crippen LogP contribution in [0.4, 0.5) is 0 Å². The van der Waals surface area contributed by atoms with E-state index in [1.807, 2.05) is 24.0 Å². The first-order valence-corrected chi connectivity index (χ1v) is 5.93. The van der Waals surface area contributed by atoms with Crippen LogP contribution in [-0.2, 0) is 6.54 Å². The molecule has 0 spiro atoms. The van der Waals surface area contributed by atoms with E-state index >= 15 is 0 Å². The number of hydrogen-bond acceptors (Lipinski definition) is 3. The van der Waals surface area contributed by atoms with Gasteiger partial charge in [-0.25, -0.2) is 4.98 Å². The zero-order chi connectivity index (χ0) is 10.4. The molecule has 1 aromatic heterocycles. The smallest absolute Gasteiger partial charge is 0.101 e. The fourth-order valence-corrected chi connectivity index (χ4v) is 2.01. The van der Waals surface area contributed by atoms with E-state index < -0.39 is 0 Å². The van der Waals surface area contributed by atoms with E-state index in [1.54, 1.807) is 0 Å². The molecule has 0 aromatic carbocycles. The Morgan fingerprint density at radius 3 is 2.93 bits per heavy atom. The molecule has 1 N–H and O–H groups in total. The molecule has 14 heavy (non-hydrogen) atoms. The predicted molar refractivity (Wildman–Crippen MR) is 62.6 cm³/mol. The Bertz CT molecular complexity index is 274. The Balaban J connectivity index is 2.69. The summed E-state index contributed by atoms with van der Waals surface area (Å²) in [6.45, 7) is 8.42. The molecule has 0 saturated carbocycles. The lowest BCUT2D eigenvalue weighted by Gasteiger charge is -2.09. The first kappa shape index (κ1) is 11.5. The normalized spacial score (nSPS) is 10.9. The molecular formula is C11H18N2S. The first-order valence-electron chi connectivity index (χ1n) is 5.05. The fraction of sp³-hybridized carbons (Fsp3) is 0.545. The third-order valence-electron chi connectivity index (χ3n) is 1.76. The largest absolute Gasteiger partial charge is 0.313 e. The number of rotatable bonds is 5. The number of pyridine rings is 1. The van der Waals surface area contributed by atoms with Crippen LogP contribution in [0, 0.1) is 0 Å². The second-order valence-corrected chi connectivity index (χ2v) is 4.98. The highest BCUT2D eigenvalue weighted by molar-refractivity contribution is 7.99. The van der Waals surface area contributed by atoms with Crippen LogP contribution in [0.3, 0.4) is 0 Å². The van der Waals surface area contributed by atoms with Gasteiger partial charge in [0.25, 0.3) is 0 Å². The lowest BCUT2D eigenvalue weighted by atomic mass is 10.3. The number of aromatic nitrogens is 1. The molecule has 0 fully saturated rings. The van der Waals surface area contributed by atoms with E-state index in [9.17, 15) is 0 Å². The molecule has 1 aromatic rings. The highest BCUT2D eigenvalue weighted by Crippen LogP contribution is 2.23. The lowest BCUT2D eigenvalue weighted by Crippen LogP contribution is -2.13. The summed E-state index contributed by atoms with van der Waals surface area (Å²) in [6, 6.07) is 4.14. The van der Waals surface area contributed by atoms with Gasteiger partial charge in [-0.05, 0) is 18.2 Å². The summed E-state index contributed by atoms with van der Waals surface area (Å²) < 4.78 is 0. The van der Waals surface area contributed by atoms with Crippen LogP contribution in [0.1, 0.15) is 26.3 Å².